The first-order valence-electron chi connectivity index (χ1n) is 10.6. The van der Waals surface area contributed by atoms with Crippen LogP contribution in [0.5, 0.6) is 5.75 Å². The molecule has 1 heterocycles. The van der Waals surface area contributed by atoms with Gasteiger partial charge in [-0.1, -0.05) is 61.8 Å². The van der Waals surface area contributed by atoms with Crippen LogP contribution >= 0.6 is 22.9 Å². The van der Waals surface area contributed by atoms with Crippen LogP contribution < -0.4 is 4.74 Å². The number of fused-ring (bicyclic) bond motifs is 1. The first-order valence-corrected chi connectivity index (χ1v) is 11.8. The molecule has 0 spiro atoms. The monoisotopic (exact) mass is 464 g/mol. The fourth-order valence-corrected chi connectivity index (χ4v) is 4.40. The highest BCUT2D eigenvalue weighted by Crippen LogP contribution is 2.26. The maximum atomic E-state index is 13.1. The van der Waals surface area contributed by atoms with E-state index in [1.807, 2.05) is 34.5 Å². The number of nitrogens with zero attached hydrogens (tertiary/aromatic N) is 2. The van der Waals surface area contributed by atoms with Crippen LogP contribution in [0.3, 0.4) is 0 Å². The standard InChI is InChI=1S/C26H25ClN2O2S/c1-18(2)14-29(26(30)20-10-12-21(27)13-11-20)15-22-17-32-25(28-22)16-31-24-9-5-7-19-6-3-4-8-23(19)24/h3-13,17-18H,14-16H2,1-2H3. The van der Waals surface area contributed by atoms with Gasteiger partial charge in [-0.25, -0.2) is 4.98 Å². The number of rotatable bonds is 8. The molecule has 6 heteroatoms. The third-order valence-electron chi connectivity index (χ3n) is 5.02. The molecule has 1 aromatic heterocycles. The molecular formula is C26H25ClN2O2S. The number of hydrogen-bond donors (Lipinski definition) is 0. The van der Waals surface area contributed by atoms with E-state index in [1.165, 1.54) is 0 Å². The van der Waals surface area contributed by atoms with Crippen molar-refractivity contribution >= 4 is 39.6 Å². The maximum Gasteiger partial charge on any atom is 0.254 e. The predicted octanol–water partition coefficient (Wildman–Crippen LogP) is 6.83. The second-order valence-electron chi connectivity index (χ2n) is 8.08. The van der Waals surface area contributed by atoms with E-state index in [0.717, 1.165) is 27.2 Å². The molecule has 0 saturated carbocycles. The van der Waals surface area contributed by atoms with Crippen LogP contribution in [0.4, 0.5) is 0 Å². The minimum absolute atomic E-state index is 0.0167. The van der Waals surface area contributed by atoms with Gasteiger partial charge in [-0.3, -0.25) is 4.79 Å². The molecule has 0 saturated heterocycles. The van der Waals surface area contributed by atoms with Crippen LogP contribution in [0.2, 0.25) is 5.02 Å². The Morgan fingerprint density at radius 3 is 2.59 bits per heavy atom. The Kier molecular flexibility index (Phi) is 7.08. The van der Waals surface area contributed by atoms with E-state index in [0.29, 0.717) is 36.2 Å². The third-order valence-corrected chi connectivity index (χ3v) is 6.14. The van der Waals surface area contributed by atoms with Gasteiger partial charge in [-0.15, -0.1) is 11.3 Å². The molecular weight excluding hydrogens is 440 g/mol. The van der Waals surface area contributed by atoms with Crippen LogP contribution in [0.1, 0.15) is 34.9 Å². The number of carbonyl (C=O) groups is 1. The fraction of sp³-hybridized carbons (Fsp3) is 0.231. The second kappa shape index (κ2) is 10.2. The second-order valence-corrected chi connectivity index (χ2v) is 9.46. The zero-order valence-corrected chi connectivity index (χ0v) is 19.7. The summed E-state index contributed by atoms with van der Waals surface area (Å²) in [7, 11) is 0. The average Bonchev–Trinajstić information content (AvgIpc) is 3.24. The van der Waals surface area contributed by atoms with Gasteiger partial charge in [-0.05, 0) is 41.6 Å². The Bertz CT molecular complexity index is 1200. The van der Waals surface area contributed by atoms with Crippen molar-refractivity contribution in [1.29, 1.82) is 0 Å². The van der Waals surface area contributed by atoms with E-state index in [9.17, 15) is 4.79 Å². The van der Waals surface area contributed by atoms with Gasteiger partial charge in [0.25, 0.3) is 5.91 Å². The molecule has 0 aliphatic rings. The Balaban J connectivity index is 1.45. The van der Waals surface area contributed by atoms with E-state index >= 15 is 0 Å². The molecule has 0 bridgehead atoms. The SMILES string of the molecule is CC(C)CN(Cc1csc(COc2cccc3ccccc23)n1)C(=O)c1ccc(Cl)cc1. The lowest BCUT2D eigenvalue weighted by Gasteiger charge is -2.24. The van der Waals surface area contributed by atoms with Crippen LogP contribution in [0, 0.1) is 5.92 Å². The number of ether oxygens (including phenoxy) is 1. The highest BCUT2D eigenvalue weighted by molar-refractivity contribution is 7.09. The summed E-state index contributed by atoms with van der Waals surface area (Å²) in [5.74, 6) is 1.18. The van der Waals surface area contributed by atoms with Crippen molar-refractivity contribution < 1.29 is 9.53 Å². The van der Waals surface area contributed by atoms with E-state index < -0.39 is 0 Å². The summed E-state index contributed by atoms with van der Waals surface area (Å²) in [6, 6.07) is 21.2. The molecule has 164 valence electrons. The molecule has 1 amide bonds. The lowest BCUT2D eigenvalue weighted by Crippen LogP contribution is -2.33. The molecule has 0 radical (unpaired) electrons. The van der Waals surface area contributed by atoms with Crippen LogP contribution in [0.25, 0.3) is 10.8 Å². The molecule has 0 unspecified atom stereocenters. The summed E-state index contributed by atoms with van der Waals surface area (Å²) in [6.07, 6.45) is 0. The molecule has 0 atom stereocenters. The molecule has 0 aliphatic carbocycles. The third kappa shape index (κ3) is 5.47. The summed E-state index contributed by atoms with van der Waals surface area (Å²) in [5.41, 5.74) is 1.50. The summed E-state index contributed by atoms with van der Waals surface area (Å²) in [4.78, 5) is 19.6. The smallest absolute Gasteiger partial charge is 0.254 e. The van der Waals surface area contributed by atoms with Gasteiger partial charge < -0.3 is 9.64 Å². The van der Waals surface area contributed by atoms with Crippen LogP contribution in [-0.4, -0.2) is 22.3 Å². The topological polar surface area (TPSA) is 42.4 Å². The van der Waals surface area contributed by atoms with E-state index in [4.69, 9.17) is 21.3 Å². The summed E-state index contributed by atoms with van der Waals surface area (Å²) >= 11 is 7.53. The lowest BCUT2D eigenvalue weighted by molar-refractivity contribution is 0.0720. The summed E-state index contributed by atoms with van der Waals surface area (Å²) in [5, 5.41) is 5.74. The zero-order chi connectivity index (χ0) is 22.5. The van der Waals surface area contributed by atoms with Crippen LogP contribution in [0.15, 0.2) is 72.1 Å². The first-order chi connectivity index (χ1) is 15.5. The Morgan fingerprint density at radius 2 is 1.81 bits per heavy atom. The van der Waals surface area contributed by atoms with Crippen molar-refractivity contribution in [2.75, 3.05) is 6.54 Å². The molecule has 32 heavy (non-hydrogen) atoms. The van der Waals surface area contributed by atoms with E-state index in [2.05, 4.69) is 32.0 Å². The van der Waals surface area contributed by atoms with Crippen molar-refractivity contribution in [3.05, 3.63) is 93.4 Å². The summed E-state index contributed by atoms with van der Waals surface area (Å²) < 4.78 is 6.07. The molecule has 0 fully saturated rings. The number of hydrogen-bond acceptors (Lipinski definition) is 4. The van der Waals surface area contributed by atoms with Gasteiger partial charge in [0.2, 0.25) is 0 Å². The number of halogens is 1. The lowest BCUT2D eigenvalue weighted by atomic mass is 10.1. The van der Waals surface area contributed by atoms with Crippen molar-refractivity contribution in [2.45, 2.75) is 27.0 Å². The van der Waals surface area contributed by atoms with Gasteiger partial charge in [0.15, 0.2) is 0 Å². The molecule has 4 aromatic rings. The van der Waals surface area contributed by atoms with Gasteiger partial charge in [0.1, 0.15) is 17.4 Å². The Morgan fingerprint density at radius 1 is 1.06 bits per heavy atom. The number of aromatic nitrogens is 1. The van der Waals surface area contributed by atoms with E-state index in [-0.39, 0.29) is 5.91 Å². The zero-order valence-electron chi connectivity index (χ0n) is 18.1. The number of benzene rings is 3. The van der Waals surface area contributed by atoms with Gasteiger partial charge in [-0.2, -0.15) is 0 Å². The Hall–Kier alpha value is -2.89. The quantitative estimate of drug-likeness (QED) is 0.287. The van der Waals surface area contributed by atoms with Gasteiger partial charge in [0, 0.05) is 27.9 Å². The molecule has 3 aromatic carbocycles. The van der Waals surface area contributed by atoms with Crippen molar-refractivity contribution in [3.63, 3.8) is 0 Å². The number of amides is 1. The minimum atomic E-state index is -0.0167. The van der Waals surface area contributed by atoms with Crippen LogP contribution in [-0.2, 0) is 13.2 Å². The minimum Gasteiger partial charge on any atom is -0.486 e. The summed E-state index contributed by atoms with van der Waals surface area (Å²) in [6.45, 7) is 5.72. The Labute approximate surface area is 197 Å². The number of carbonyl (C=O) groups excluding carboxylic acids is 1. The van der Waals surface area contributed by atoms with Gasteiger partial charge in [0.05, 0.1) is 12.2 Å². The van der Waals surface area contributed by atoms with Gasteiger partial charge >= 0.3 is 0 Å². The van der Waals surface area contributed by atoms with E-state index in [1.54, 1.807) is 35.6 Å². The number of thiazole rings is 1. The molecule has 0 aliphatic heterocycles. The molecule has 4 rings (SSSR count). The molecule has 4 nitrogen and oxygen atoms in total. The normalized spacial score (nSPS) is 11.1. The molecule has 0 N–H and O–H groups in total. The van der Waals surface area contributed by atoms with Crippen molar-refractivity contribution in [3.8, 4) is 5.75 Å². The first kappa shape index (κ1) is 22.3. The van der Waals surface area contributed by atoms with Crippen molar-refractivity contribution in [1.82, 2.24) is 9.88 Å². The fourth-order valence-electron chi connectivity index (χ4n) is 3.58. The highest BCUT2D eigenvalue weighted by Gasteiger charge is 2.19. The highest BCUT2D eigenvalue weighted by atomic mass is 35.5. The largest absolute Gasteiger partial charge is 0.486 e. The average molecular weight is 465 g/mol. The predicted molar refractivity (Wildman–Crippen MR) is 131 cm³/mol. The van der Waals surface area contributed by atoms with Crippen molar-refractivity contribution in [2.24, 2.45) is 5.92 Å². The maximum absolute atomic E-state index is 13.1.